The zero-order valence-electron chi connectivity index (χ0n) is 10.6. The number of hydrogen-bond acceptors (Lipinski definition) is 1. The van der Waals surface area contributed by atoms with Gasteiger partial charge in [0.05, 0.1) is 0 Å². The molecule has 7 fully saturated rings. The van der Waals surface area contributed by atoms with Crippen molar-refractivity contribution in [3.8, 4) is 0 Å². The van der Waals surface area contributed by atoms with Crippen LogP contribution in [0.1, 0.15) is 38.5 Å². The van der Waals surface area contributed by atoms with Gasteiger partial charge >= 0.3 is 0 Å². The summed E-state index contributed by atoms with van der Waals surface area (Å²) in [5.41, 5.74) is 0. The first kappa shape index (κ1) is 13.3. The molecule has 0 atom stereocenters. The van der Waals surface area contributed by atoms with Gasteiger partial charge in [0, 0.05) is 0 Å². The molecule has 3 heteroatoms. The maximum Gasteiger partial charge on any atom is -0.0349 e. The molecule has 0 radical (unpaired) electrons. The zero-order valence-corrected chi connectivity index (χ0v) is 10.6. The predicted molar refractivity (Wildman–Crippen MR) is 67.9 cm³/mol. The fraction of sp³-hybridized carbons (Fsp3) is 1.00. The van der Waals surface area contributed by atoms with Crippen LogP contribution in [-0.2, 0) is 0 Å². The summed E-state index contributed by atoms with van der Waals surface area (Å²) in [5, 5.41) is 0. The molecule has 0 spiro atoms. The van der Waals surface area contributed by atoms with Crippen molar-refractivity contribution in [1.29, 1.82) is 0 Å². The quantitative estimate of drug-likeness (QED) is 0.687. The van der Waals surface area contributed by atoms with Gasteiger partial charge < -0.3 is 17.1 Å². The molecule has 0 unspecified atom stereocenters. The smallest absolute Gasteiger partial charge is 0.0349 e. The fourth-order valence-corrected chi connectivity index (χ4v) is 6.89. The molecule has 17 heavy (non-hydrogen) atoms. The lowest BCUT2D eigenvalue weighted by atomic mass is 9.36. The van der Waals surface area contributed by atoms with Gasteiger partial charge in [-0.05, 0) is 85.9 Å². The first-order valence-corrected chi connectivity index (χ1v) is 6.90. The molecule has 3 nitrogen and oxygen atoms in total. The lowest BCUT2D eigenvalue weighted by Gasteiger charge is -2.69. The molecule has 7 rings (SSSR count). The Hall–Kier alpha value is -0.120. The Morgan fingerprint density at radius 1 is 0.412 bits per heavy atom. The van der Waals surface area contributed by atoms with Crippen LogP contribution in [0.2, 0.25) is 0 Å². The largest absolute Gasteiger partial charge is 0.412 e. The maximum absolute atomic E-state index is 1.65. The van der Waals surface area contributed by atoms with E-state index in [0.29, 0.717) is 0 Å². The topological polar surface area (TPSA) is 98.0 Å². The second-order valence-corrected chi connectivity index (χ2v) is 7.13. The summed E-state index contributed by atoms with van der Waals surface area (Å²) >= 11 is 0. The summed E-state index contributed by atoms with van der Waals surface area (Å²) in [6.45, 7) is 0. The van der Waals surface area contributed by atoms with Gasteiger partial charge in [0.25, 0.3) is 0 Å². The minimum atomic E-state index is 0. The van der Waals surface area contributed by atoms with Crippen LogP contribution >= 0.6 is 0 Å². The number of rotatable bonds is 0. The van der Waals surface area contributed by atoms with Crippen LogP contribution < -0.4 is 6.15 Å². The fourth-order valence-electron chi connectivity index (χ4n) is 6.89. The molecule has 0 saturated heterocycles. The van der Waals surface area contributed by atoms with Gasteiger partial charge in [-0.2, -0.15) is 0 Å². The predicted octanol–water partition coefficient (Wildman–Crippen LogP) is 1.84. The summed E-state index contributed by atoms with van der Waals surface area (Å²) in [5.74, 6) is 9.74. The molecule has 0 heterocycles. The van der Waals surface area contributed by atoms with E-state index < -0.39 is 0 Å². The minimum absolute atomic E-state index is 0. The molecule has 0 aromatic carbocycles. The van der Waals surface area contributed by atoms with Crippen LogP contribution in [0.5, 0.6) is 0 Å². The third-order valence-electron chi connectivity index (χ3n) is 6.93. The Labute approximate surface area is 104 Å². The van der Waals surface area contributed by atoms with E-state index in [9.17, 15) is 0 Å². The van der Waals surface area contributed by atoms with Gasteiger partial charge in [0.2, 0.25) is 0 Å². The van der Waals surface area contributed by atoms with E-state index in [2.05, 4.69) is 0 Å². The van der Waals surface area contributed by atoms with Crippen molar-refractivity contribution in [2.75, 3.05) is 0 Å². The van der Waals surface area contributed by atoms with Crippen molar-refractivity contribution in [2.24, 2.45) is 47.3 Å². The van der Waals surface area contributed by atoms with E-state index in [-0.39, 0.29) is 17.1 Å². The van der Waals surface area contributed by atoms with Crippen molar-refractivity contribution in [3.63, 3.8) is 0 Å². The molecular weight excluding hydrogens is 214 g/mol. The minimum Gasteiger partial charge on any atom is -0.412 e. The SMILES string of the molecule is C1C2CC3C4CC5CC(C14)C(C2)C3C5.N.O.O. The molecule has 7 aliphatic rings. The Balaban J connectivity index is 0.000000360. The second-order valence-electron chi connectivity index (χ2n) is 7.13. The van der Waals surface area contributed by atoms with Crippen LogP contribution in [0.3, 0.4) is 0 Å². The maximum atomic E-state index is 1.65. The third-order valence-corrected chi connectivity index (χ3v) is 6.93. The van der Waals surface area contributed by atoms with E-state index in [0.717, 1.165) is 0 Å². The van der Waals surface area contributed by atoms with Gasteiger partial charge in [-0.15, -0.1) is 0 Å². The Kier molecular flexibility index (Phi) is 3.08. The summed E-state index contributed by atoms with van der Waals surface area (Å²) in [6, 6.07) is 0. The van der Waals surface area contributed by atoms with E-state index in [1.54, 1.807) is 38.5 Å². The highest BCUT2D eigenvalue weighted by molar-refractivity contribution is 5.12. The van der Waals surface area contributed by atoms with E-state index in [1.165, 1.54) is 47.3 Å². The standard InChI is InChI=1S/C14H20.H3N.2H2O/c1-7-2-12-10-4-8-5-11(9(1)10)13(3-7)14(12)6-8;;;/h7-14H,1-6H2;1H3;2*1H2. The summed E-state index contributed by atoms with van der Waals surface area (Å²) in [6.07, 6.45) is 9.93. The zero-order chi connectivity index (χ0) is 8.86. The molecule has 0 aromatic rings. The van der Waals surface area contributed by atoms with Crippen LogP contribution in [0.4, 0.5) is 0 Å². The van der Waals surface area contributed by atoms with Crippen molar-refractivity contribution in [2.45, 2.75) is 38.5 Å². The highest BCUT2D eigenvalue weighted by Gasteiger charge is 2.63. The molecule has 8 bridgehead atoms. The second kappa shape index (κ2) is 3.94. The Morgan fingerprint density at radius 2 is 0.588 bits per heavy atom. The van der Waals surface area contributed by atoms with Crippen LogP contribution in [0.25, 0.3) is 0 Å². The van der Waals surface area contributed by atoms with E-state index in [4.69, 9.17) is 0 Å². The van der Waals surface area contributed by atoms with E-state index in [1.807, 2.05) is 0 Å². The first-order chi connectivity index (χ1) is 6.90. The van der Waals surface area contributed by atoms with Gasteiger partial charge in [-0.25, -0.2) is 0 Å². The molecule has 0 amide bonds. The summed E-state index contributed by atoms with van der Waals surface area (Å²) in [7, 11) is 0. The highest BCUT2D eigenvalue weighted by Crippen LogP contribution is 2.71. The molecule has 7 saturated carbocycles. The molecule has 7 aliphatic carbocycles. The van der Waals surface area contributed by atoms with Crippen molar-refractivity contribution in [3.05, 3.63) is 0 Å². The molecule has 0 aromatic heterocycles. The highest BCUT2D eigenvalue weighted by atomic mass is 16.0. The molecule has 0 aliphatic heterocycles. The van der Waals surface area contributed by atoms with Gasteiger partial charge in [-0.1, -0.05) is 0 Å². The van der Waals surface area contributed by atoms with Crippen molar-refractivity contribution >= 4 is 0 Å². The molecule has 100 valence electrons. The van der Waals surface area contributed by atoms with Gasteiger partial charge in [0.15, 0.2) is 0 Å². The van der Waals surface area contributed by atoms with Gasteiger partial charge in [-0.3, -0.25) is 0 Å². The monoisotopic (exact) mass is 241 g/mol. The molecule has 7 N–H and O–H groups in total. The summed E-state index contributed by atoms with van der Waals surface area (Å²) < 4.78 is 0. The van der Waals surface area contributed by atoms with E-state index >= 15 is 0 Å². The summed E-state index contributed by atoms with van der Waals surface area (Å²) in [4.78, 5) is 0. The molecular formula is C14H27NO2. The van der Waals surface area contributed by atoms with Crippen molar-refractivity contribution < 1.29 is 11.0 Å². The first-order valence-electron chi connectivity index (χ1n) is 6.90. The normalized spacial score (nSPS) is 59.3. The lowest BCUT2D eigenvalue weighted by Crippen LogP contribution is -2.62. The lowest BCUT2D eigenvalue weighted by molar-refractivity contribution is -0.202. The van der Waals surface area contributed by atoms with Gasteiger partial charge in [0.1, 0.15) is 0 Å². The average molecular weight is 241 g/mol. The van der Waals surface area contributed by atoms with Crippen LogP contribution in [0, 0.1) is 47.3 Å². The van der Waals surface area contributed by atoms with Crippen LogP contribution in [-0.4, -0.2) is 11.0 Å². The van der Waals surface area contributed by atoms with Crippen LogP contribution in [0.15, 0.2) is 0 Å². The average Bonchev–Trinajstić information content (AvgIpc) is 2.24. The third kappa shape index (κ3) is 1.33. The number of hydrogen-bond donors (Lipinski definition) is 1. The Bertz CT molecular complexity index is 219. The van der Waals surface area contributed by atoms with Crippen molar-refractivity contribution in [1.82, 2.24) is 6.15 Å². The Morgan fingerprint density at radius 3 is 0.765 bits per heavy atom.